The van der Waals surface area contributed by atoms with Gasteiger partial charge >= 0.3 is 5.97 Å². The highest BCUT2D eigenvalue weighted by Crippen LogP contribution is 2.04. The number of rotatable bonds is 4. The van der Waals surface area contributed by atoms with Crippen molar-refractivity contribution in [3.8, 4) is 0 Å². The molecule has 0 atom stereocenters. The van der Waals surface area contributed by atoms with Crippen molar-refractivity contribution in [3.63, 3.8) is 0 Å². The minimum absolute atomic E-state index is 0.158. The Labute approximate surface area is 94.5 Å². The van der Waals surface area contributed by atoms with Gasteiger partial charge in [0.2, 0.25) is 0 Å². The van der Waals surface area contributed by atoms with E-state index in [0.29, 0.717) is 12.5 Å². The molecular formula is C12H17NO3. The average molecular weight is 223 g/mol. The molecule has 0 aliphatic carbocycles. The molecule has 0 radical (unpaired) electrons. The molecule has 88 valence electrons. The lowest BCUT2D eigenvalue weighted by molar-refractivity contribution is 0.0694. The van der Waals surface area contributed by atoms with E-state index in [4.69, 9.17) is 5.11 Å². The Morgan fingerprint density at radius 2 is 2.06 bits per heavy atom. The molecule has 4 nitrogen and oxygen atoms in total. The Kier molecular flexibility index (Phi) is 3.88. The zero-order valence-electron chi connectivity index (χ0n) is 9.86. The van der Waals surface area contributed by atoms with Gasteiger partial charge in [-0.25, -0.2) is 4.79 Å². The van der Waals surface area contributed by atoms with Gasteiger partial charge in [0.1, 0.15) is 5.56 Å². The Hall–Kier alpha value is -1.58. The number of pyridine rings is 1. The molecule has 0 saturated carbocycles. The summed E-state index contributed by atoms with van der Waals surface area (Å²) >= 11 is 0. The van der Waals surface area contributed by atoms with Crippen molar-refractivity contribution in [2.75, 3.05) is 0 Å². The molecule has 1 aromatic heterocycles. The monoisotopic (exact) mass is 223 g/mol. The second kappa shape index (κ2) is 4.96. The minimum atomic E-state index is -1.16. The SMILES string of the molecule is Cc1ccc(C(=O)O)c(=O)n1CCC(C)C. The van der Waals surface area contributed by atoms with Crippen molar-refractivity contribution in [3.05, 3.63) is 33.7 Å². The first-order valence-electron chi connectivity index (χ1n) is 5.37. The summed E-state index contributed by atoms with van der Waals surface area (Å²) in [7, 11) is 0. The summed E-state index contributed by atoms with van der Waals surface area (Å²) < 4.78 is 1.53. The number of aryl methyl sites for hydroxylation is 1. The molecular weight excluding hydrogens is 206 g/mol. The molecule has 1 rings (SSSR count). The molecule has 4 heteroatoms. The second-order valence-corrected chi connectivity index (χ2v) is 4.33. The van der Waals surface area contributed by atoms with Gasteiger partial charge in [0.15, 0.2) is 0 Å². The van der Waals surface area contributed by atoms with Crippen molar-refractivity contribution in [2.24, 2.45) is 5.92 Å². The molecule has 0 spiro atoms. The molecule has 0 aromatic carbocycles. The highest BCUT2D eigenvalue weighted by Gasteiger charge is 2.12. The Balaban J connectivity index is 3.12. The van der Waals surface area contributed by atoms with Gasteiger partial charge in [-0.05, 0) is 31.4 Å². The second-order valence-electron chi connectivity index (χ2n) is 4.33. The summed E-state index contributed by atoms with van der Waals surface area (Å²) in [6, 6.07) is 3.04. The van der Waals surface area contributed by atoms with E-state index < -0.39 is 11.5 Å². The fourth-order valence-corrected chi connectivity index (χ4v) is 1.50. The van der Waals surface area contributed by atoms with Gasteiger partial charge in [0, 0.05) is 12.2 Å². The van der Waals surface area contributed by atoms with Gasteiger partial charge in [0.25, 0.3) is 5.56 Å². The van der Waals surface area contributed by atoms with E-state index in [1.807, 2.05) is 6.92 Å². The van der Waals surface area contributed by atoms with Crippen LogP contribution in [0.5, 0.6) is 0 Å². The predicted molar refractivity (Wildman–Crippen MR) is 61.9 cm³/mol. The molecule has 0 bridgehead atoms. The van der Waals surface area contributed by atoms with Gasteiger partial charge in [-0.2, -0.15) is 0 Å². The maximum absolute atomic E-state index is 11.8. The molecule has 0 amide bonds. The largest absolute Gasteiger partial charge is 0.477 e. The Bertz CT molecular complexity index is 446. The highest BCUT2D eigenvalue weighted by atomic mass is 16.4. The van der Waals surface area contributed by atoms with Crippen LogP contribution in [0.2, 0.25) is 0 Å². The van der Waals surface area contributed by atoms with E-state index >= 15 is 0 Å². The van der Waals surface area contributed by atoms with Gasteiger partial charge in [0.05, 0.1) is 0 Å². The number of carboxylic acid groups (broad SMARTS) is 1. The smallest absolute Gasteiger partial charge is 0.341 e. The molecule has 0 aliphatic heterocycles. The Morgan fingerprint density at radius 3 is 2.56 bits per heavy atom. The predicted octanol–water partition coefficient (Wildman–Crippen LogP) is 1.90. The first-order valence-corrected chi connectivity index (χ1v) is 5.37. The maximum Gasteiger partial charge on any atom is 0.341 e. The standard InChI is InChI=1S/C12H17NO3/c1-8(2)6-7-13-9(3)4-5-10(11(13)14)12(15)16/h4-5,8H,6-7H2,1-3H3,(H,15,16). The van der Waals surface area contributed by atoms with E-state index in [9.17, 15) is 9.59 Å². The molecule has 0 saturated heterocycles. The molecule has 16 heavy (non-hydrogen) atoms. The van der Waals surface area contributed by atoms with Crippen molar-refractivity contribution < 1.29 is 9.90 Å². The minimum Gasteiger partial charge on any atom is -0.477 e. The van der Waals surface area contributed by atoms with Crippen molar-refractivity contribution in [1.82, 2.24) is 4.57 Å². The third kappa shape index (κ3) is 2.72. The van der Waals surface area contributed by atoms with Crippen LogP contribution in [0.3, 0.4) is 0 Å². The van der Waals surface area contributed by atoms with E-state index in [1.165, 1.54) is 10.6 Å². The van der Waals surface area contributed by atoms with E-state index in [0.717, 1.165) is 12.1 Å². The third-order valence-corrected chi connectivity index (χ3v) is 2.55. The molecule has 0 fully saturated rings. The highest BCUT2D eigenvalue weighted by molar-refractivity contribution is 5.87. The normalized spacial score (nSPS) is 10.8. The number of hydrogen-bond donors (Lipinski definition) is 1. The van der Waals surface area contributed by atoms with Crippen LogP contribution in [-0.2, 0) is 6.54 Å². The van der Waals surface area contributed by atoms with E-state index in [2.05, 4.69) is 13.8 Å². The van der Waals surface area contributed by atoms with Crippen LogP contribution in [0.4, 0.5) is 0 Å². The molecule has 0 unspecified atom stereocenters. The lowest BCUT2D eigenvalue weighted by atomic mass is 10.1. The average Bonchev–Trinajstić information content (AvgIpc) is 2.16. The lowest BCUT2D eigenvalue weighted by Gasteiger charge is -2.11. The zero-order chi connectivity index (χ0) is 12.3. The quantitative estimate of drug-likeness (QED) is 0.848. The number of carboxylic acids is 1. The van der Waals surface area contributed by atoms with Crippen LogP contribution in [0, 0.1) is 12.8 Å². The van der Waals surface area contributed by atoms with Gasteiger partial charge < -0.3 is 9.67 Å². The molecule has 1 heterocycles. The van der Waals surface area contributed by atoms with Crippen LogP contribution in [0.15, 0.2) is 16.9 Å². The fourth-order valence-electron chi connectivity index (χ4n) is 1.50. The van der Waals surface area contributed by atoms with E-state index in [1.54, 1.807) is 6.07 Å². The molecule has 1 aromatic rings. The van der Waals surface area contributed by atoms with E-state index in [-0.39, 0.29) is 5.56 Å². The van der Waals surface area contributed by atoms with Crippen LogP contribution in [-0.4, -0.2) is 15.6 Å². The van der Waals surface area contributed by atoms with Crippen LogP contribution >= 0.6 is 0 Å². The van der Waals surface area contributed by atoms with Crippen molar-refractivity contribution in [2.45, 2.75) is 33.7 Å². The van der Waals surface area contributed by atoms with Crippen LogP contribution < -0.4 is 5.56 Å². The van der Waals surface area contributed by atoms with Gasteiger partial charge in [-0.1, -0.05) is 13.8 Å². The Morgan fingerprint density at radius 1 is 1.44 bits per heavy atom. The van der Waals surface area contributed by atoms with Crippen LogP contribution in [0.1, 0.15) is 36.3 Å². The molecule has 0 aliphatic rings. The van der Waals surface area contributed by atoms with Crippen molar-refractivity contribution >= 4 is 5.97 Å². The number of hydrogen-bond acceptors (Lipinski definition) is 2. The first kappa shape index (κ1) is 12.5. The number of nitrogens with zero attached hydrogens (tertiary/aromatic N) is 1. The van der Waals surface area contributed by atoms with Crippen LogP contribution in [0.25, 0.3) is 0 Å². The number of aromatic carboxylic acids is 1. The summed E-state index contributed by atoms with van der Waals surface area (Å²) in [5.41, 5.74) is 0.234. The fraction of sp³-hybridized carbons (Fsp3) is 0.500. The summed E-state index contributed by atoms with van der Waals surface area (Å²) in [5.74, 6) is -0.678. The van der Waals surface area contributed by atoms with Gasteiger partial charge in [-0.3, -0.25) is 4.79 Å². The lowest BCUT2D eigenvalue weighted by Crippen LogP contribution is -2.28. The summed E-state index contributed by atoms with van der Waals surface area (Å²) in [5, 5.41) is 8.85. The third-order valence-electron chi connectivity index (χ3n) is 2.55. The summed E-state index contributed by atoms with van der Waals surface area (Å²) in [4.78, 5) is 22.6. The zero-order valence-corrected chi connectivity index (χ0v) is 9.86. The topological polar surface area (TPSA) is 59.3 Å². The first-order chi connectivity index (χ1) is 7.43. The molecule has 1 N–H and O–H groups in total. The number of aromatic nitrogens is 1. The summed E-state index contributed by atoms with van der Waals surface area (Å²) in [6.07, 6.45) is 0.865. The maximum atomic E-state index is 11.8. The number of carbonyl (C=O) groups is 1. The summed E-state index contributed by atoms with van der Waals surface area (Å²) in [6.45, 7) is 6.53. The van der Waals surface area contributed by atoms with Gasteiger partial charge in [-0.15, -0.1) is 0 Å². The van der Waals surface area contributed by atoms with Crippen molar-refractivity contribution in [1.29, 1.82) is 0 Å².